The summed E-state index contributed by atoms with van der Waals surface area (Å²) in [4.78, 5) is 41.3. The molecular formula is C22H28N6O5S. The van der Waals surface area contributed by atoms with Gasteiger partial charge in [-0.2, -0.15) is 5.10 Å². The minimum absolute atomic E-state index is 0.152. The van der Waals surface area contributed by atoms with E-state index in [-0.39, 0.29) is 23.3 Å². The van der Waals surface area contributed by atoms with Gasteiger partial charge in [-0.25, -0.2) is 14.6 Å². The number of imidazole rings is 1. The van der Waals surface area contributed by atoms with E-state index in [1.54, 1.807) is 48.2 Å². The largest absolute Gasteiger partial charge is 0.477 e. The summed E-state index contributed by atoms with van der Waals surface area (Å²) < 4.78 is 8.51. The number of aromatic nitrogens is 4. The number of carboxylic acid groups (broad SMARTS) is 1. The summed E-state index contributed by atoms with van der Waals surface area (Å²) in [5.74, 6) is -1.12. The first kappa shape index (κ1) is 25.0. The number of nitrogens with zero attached hydrogens (tertiary/aromatic N) is 4. The number of ether oxygens (including phenoxy) is 1. The number of nitrogens with one attached hydrogen (secondary N) is 2. The number of hydrogen-bond donors (Lipinski definition) is 3. The van der Waals surface area contributed by atoms with E-state index in [0.717, 1.165) is 17.0 Å². The molecule has 182 valence electrons. The summed E-state index contributed by atoms with van der Waals surface area (Å²) in [5.41, 5.74) is 1.01. The number of carboxylic acids is 1. The number of rotatable bonds is 8. The number of aromatic carboxylic acids is 1. The van der Waals surface area contributed by atoms with E-state index in [9.17, 15) is 19.5 Å². The molecule has 0 spiro atoms. The highest BCUT2D eigenvalue weighted by Crippen LogP contribution is 2.29. The van der Waals surface area contributed by atoms with Crippen LogP contribution in [0.3, 0.4) is 0 Å². The Morgan fingerprint density at radius 3 is 2.62 bits per heavy atom. The number of aryl methyl sites for hydroxylation is 2. The zero-order valence-electron chi connectivity index (χ0n) is 19.7. The van der Waals surface area contributed by atoms with E-state index < -0.39 is 17.7 Å². The maximum Gasteiger partial charge on any atom is 0.407 e. The van der Waals surface area contributed by atoms with Gasteiger partial charge in [-0.15, -0.1) is 11.3 Å². The first-order chi connectivity index (χ1) is 16.0. The van der Waals surface area contributed by atoms with Crippen molar-refractivity contribution in [3.8, 4) is 0 Å². The number of alkyl carbamates (subject to hydrolysis) is 1. The molecule has 3 heterocycles. The van der Waals surface area contributed by atoms with E-state index in [1.165, 1.54) is 6.07 Å². The Morgan fingerprint density at radius 1 is 1.24 bits per heavy atom. The van der Waals surface area contributed by atoms with Crippen LogP contribution in [0.2, 0.25) is 0 Å². The molecule has 0 unspecified atom stereocenters. The molecule has 0 aromatic carbocycles. The van der Waals surface area contributed by atoms with Crippen LogP contribution in [-0.4, -0.2) is 54.6 Å². The summed E-state index contributed by atoms with van der Waals surface area (Å²) in [6, 6.07) is 3.17. The van der Waals surface area contributed by atoms with Crippen molar-refractivity contribution in [1.29, 1.82) is 0 Å². The molecule has 0 aliphatic carbocycles. The van der Waals surface area contributed by atoms with Crippen molar-refractivity contribution in [3.63, 3.8) is 0 Å². The normalized spacial score (nSPS) is 11.8. The molecule has 11 nitrogen and oxygen atoms in total. The number of fused-ring (bicyclic) bond motifs is 1. The molecule has 0 saturated heterocycles. The Kier molecular flexibility index (Phi) is 7.40. The van der Waals surface area contributed by atoms with Crippen LogP contribution in [0, 0.1) is 6.92 Å². The molecular weight excluding hydrogens is 460 g/mol. The Bertz CT molecular complexity index is 1250. The minimum Gasteiger partial charge on any atom is -0.477 e. The molecule has 3 aromatic rings. The number of thiophene rings is 1. The Balaban J connectivity index is 1.79. The molecule has 0 saturated carbocycles. The fourth-order valence-electron chi connectivity index (χ4n) is 3.14. The van der Waals surface area contributed by atoms with Crippen LogP contribution in [0.1, 0.15) is 53.5 Å². The van der Waals surface area contributed by atoms with Crippen molar-refractivity contribution in [2.45, 2.75) is 53.3 Å². The lowest BCUT2D eigenvalue weighted by Crippen LogP contribution is -2.32. The topological polar surface area (TPSA) is 140 Å². The summed E-state index contributed by atoms with van der Waals surface area (Å²) in [5, 5.41) is 19.1. The van der Waals surface area contributed by atoms with Gasteiger partial charge in [0.15, 0.2) is 0 Å². The van der Waals surface area contributed by atoms with Gasteiger partial charge in [0, 0.05) is 19.6 Å². The van der Waals surface area contributed by atoms with Crippen LogP contribution >= 0.6 is 11.3 Å². The molecule has 2 amide bonds. The van der Waals surface area contributed by atoms with Crippen molar-refractivity contribution in [3.05, 3.63) is 40.5 Å². The van der Waals surface area contributed by atoms with Gasteiger partial charge in [-0.05, 0) is 46.8 Å². The van der Waals surface area contributed by atoms with E-state index in [4.69, 9.17) is 4.74 Å². The van der Waals surface area contributed by atoms with Gasteiger partial charge in [0.1, 0.15) is 26.5 Å². The second-order valence-corrected chi connectivity index (χ2v) is 9.48. The molecule has 0 aliphatic rings. The van der Waals surface area contributed by atoms with Crippen molar-refractivity contribution >= 4 is 45.6 Å². The van der Waals surface area contributed by atoms with Gasteiger partial charge in [0.2, 0.25) is 5.95 Å². The number of allylic oxidation sites excluding steroid dienone is 1. The van der Waals surface area contributed by atoms with Gasteiger partial charge in [0.25, 0.3) is 5.91 Å². The number of amides is 2. The Labute approximate surface area is 200 Å². The van der Waals surface area contributed by atoms with Crippen LogP contribution in [0.25, 0.3) is 10.3 Å². The Hall–Kier alpha value is -3.67. The second kappa shape index (κ2) is 10.1. The summed E-state index contributed by atoms with van der Waals surface area (Å²) in [6.07, 6.45) is 3.00. The van der Waals surface area contributed by atoms with E-state index in [0.29, 0.717) is 29.1 Å². The maximum absolute atomic E-state index is 12.9. The summed E-state index contributed by atoms with van der Waals surface area (Å²) in [6.45, 7) is 10.1. The highest BCUT2D eigenvalue weighted by atomic mass is 32.1. The van der Waals surface area contributed by atoms with Crippen LogP contribution in [0.15, 0.2) is 24.3 Å². The molecule has 3 N–H and O–H groups in total. The van der Waals surface area contributed by atoms with Crippen molar-refractivity contribution in [2.24, 2.45) is 0 Å². The molecule has 3 aromatic heterocycles. The summed E-state index contributed by atoms with van der Waals surface area (Å²) in [7, 11) is 0. The highest BCUT2D eigenvalue weighted by molar-refractivity contribution is 7.20. The number of carbonyl (C=O) groups excluding carboxylic acids is 2. The van der Waals surface area contributed by atoms with E-state index in [1.807, 2.05) is 13.8 Å². The van der Waals surface area contributed by atoms with Gasteiger partial charge >= 0.3 is 12.1 Å². The first-order valence-corrected chi connectivity index (χ1v) is 11.5. The molecule has 12 heteroatoms. The minimum atomic E-state index is -1.04. The average Bonchev–Trinajstić information content (AvgIpc) is 3.39. The first-order valence-electron chi connectivity index (χ1n) is 10.7. The monoisotopic (exact) mass is 488 g/mol. The zero-order valence-corrected chi connectivity index (χ0v) is 20.5. The van der Waals surface area contributed by atoms with Crippen LogP contribution < -0.4 is 10.6 Å². The highest BCUT2D eigenvalue weighted by Gasteiger charge is 2.20. The average molecular weight is 489 g/mol. The van der Waals surface area contributed by atoms with Crippen molar-refractivity contribution in [1.82, 2.24) is 24.6 Å². The van der Waals surface area contributed by atoms with E-state index in [2.05, 4.69) is 20.7 Å². The lowest BCUT2D eigenvalue weighted by Gasteiger charge is -2.19. The third-order valence-electron chi connectivity index (χ3n) is 4.51. The maximum atomic E-state index is 12.9. The number of carbonyl (C=O) groups is 3. The smallest absolute Gasteiger partial charge is 0.407 e. The zero-order chi connectivity index (χ0) is 25.0. The fraction of sp³-hybridized carbons (Fsp3) is 0.409. The quantitative estimate of drug-likeness (QED) is 0.411. The molecule has 0 atom stereocenters. The van der Waals surface area contributed by atoms with Gasteiger partial charge in [-0.1, -0.05) is 12.2 Å². The van der Waals surface area contributed by atoms with E-state index >= 15 is 0 Å². The SMILES string of the molecule is CCn1nc(C)cc1C(=O)Nc1nc2cc(C(=O)O)sc2n1C/C=C/CNC(=O)OC(C)(C)C. The number of anilines is 1. The lowest BCUT2D eigenvalue weighted by atomic mass is 10.2. The van der Waals surface area contributed by atoms with Crippen LogP contribution in [0.5, 0.6) is 0 Å². The molecule has 3 rings (SSSR count). The predicted molar refractivity (Wildman–Crippen MR) is 129 cm³/mol. The van der Waals surface area contributed by atoms with Gasteiger partial charge in [-0.3, -0.25) is 19.4 Å². The molecule has 0 bridgehead atoms. The van der Waals surface area contributed by atoms with Crippen LogP contribution in [-0.2, 0) is 17.8 Å². The van der Waals surface area contributed by atoms with Crippen molar-refractivity contribution < 1.29 is 24.2 Å². The summed E-state index contributed by atoms with van der Waals surface area (Å²) >= 11 is 1.07. The molecule has 34 heavy (non-hydrogen) atoms. The van der Waals surface area contributed by atoms with Crippen molar-refractivity contribution in [2.75, 3.05) is 11.9 Å². The number of hydrogen-bond acceptors (Lipinski definition) is 7. The lowest BCUT2D eigenvalue weighted by molar-refractivity contribution is 0.0533. The molecule has 0 aliphatic heterocycles. The fourth-order valence-corrected chi connectivity index (χ4v) is 4.09. The molecule has 0 fully saturated rings. The second-order valence-electron chi connectivity index (χ2n) is 8.45. The third-order valence-corrected chi connectivity index (χ3v) is 5.64. The third kappa shape index (κ3) is 6.01. The van der Waals surface area contributed by atoms with Gasteiger partial charge < -0.3 is 15.2 Å². The van der Waals surface area contributed by atoms with Gasteiger partial charge in [0.05, 0.1) is 5.69 Å². The van der Waals surface area contributed by atoms with Crippen LogP contribution in [0.4, 0.5) is 10.7 Å². The Morgan fingerprint density at radius 2 is 1.97 bits per heavy atom. The predicted octanol–water partition coefficient (Wildman–Crippen LogP) is 3.65. The standard InChI is InChI=1S/C22H28N6O5S/c1-6-28-15(11-13(2)26-28)17(29)25-20-24-14-12-16(19(30)31)34-18(14)27(20)10-8-7-9-23-21(32)33-22(3,4)5/h7-8,11-12H,6,9-10H2,1-5H3,(H,23,32)(H,30,31)(H,24,25,29)/b8-7+. The molecule has 0 radical (unpaired) electrons.